The van der Waals surface area contributed by atoms with E-state index in [1.54, 1.807) is 23.0 Å². The van der Waals surface area contributed by atoms with Gasteiger partial charge in [0.25, 0.3) is 0 Å². The summed E-state index contributed by atoms with van der Waals surface area (Å²) in [5.41, 5.74) is 6.17. The summed E-state index contributed by atoms with van der Waals surface area (Å²) in [5, 5.41) is 23.8. The lowest BCUT2D eigenvalue weighted by Gasteiger charge is -2.16. The molecule has 2 aromatic heterocycles. The summed E-state index contributed by atoms with van der Waals surface area (Å²) in [6.07, 6.45) is -2.31. The van der Waals surface area contributed by atoms with Crippen molar-refractivity contribution < 1.29 is 18.0 Å². The second-order valence-electron chi connectivity index (χ2n) is 5.43. The number of halogens is 1. The fraction of sp³-hybridized carbons (Fsp3) is 0.500. The number of imidazole rings is 1. The Labute approximate surface area is 168 Å². The minimum absolute atomic E-state index is 0.140. The Morgan fingerprint density at radius 1 is 1.38 bits per heavy atom. The molecule has 10 nitrogen and oxygen atoms in total. The third-order valence-electron chi connectivity index (χ3n) is 3.80. The van der Waals surface area contributed by atoms with Crippen LogP contribution in [-0.4, -0.2) is 67.7 Å². The van der Waals surface area contributed by atoms with Crippen LogP contribution in [0.1, 0.15) is 6.23 Å². The molecular formula is C14H17IN6O4S. The molecule has 26 heavy (non-hydrogen) atoms. The van der Waals surface area contributed by atoms with Gasteiger partial charge in [-0.2, -0.15) is 4.98 Å². The number of aliphatic hydroxyl groups is 2. The number of aliphatic hydroxyl groups excluding tert-OH is 2. The fourth-order valence-corrected chi connectivity index (χ4v) is 3.19. The third-order valence-corrected chi connectivity index (χ3v) is 4.47. The van der Waals surface area contributed by atoms with E-state index in [1.165, 1.54) is 10.9 Å². The zero-order valence-electron chi connectivity index (χ0n) is 13.4. The van der Waals surface area contributed by atoms with Crippen LogP contribution in [0.3, 0.4) is 0 Å². The molecule has 1 aliphatic rings. The van der Waals surface area contributed by atoms with Gasteiger partial charge in [-0.05, 0) is 0 Å². The molecule has 1 aliphatic heterocycles. The fourth-order valence-electron chi connectivity index (χ4n) is 2.58. The summed E-state index contributed by atoms with van der Waals surface area (Å²) in [4.78, 5) is 12.8. The largest absolute Gasteiger partial charge is 0.387 e. The average Bonchev–Trinajstić information content (AvgIpc) is 3.16. The van der Waals surface area contributed by atoms with Gasteiger partial charge in [0.15, 0.2) is 11.9 Å². The van der Waals surface area contributed by atoms with Crippen molar-refractivity contribution in [2.75, 3.05) is 25.0 Å². The molecule has 0 amide bonds. The second-order valence-corrected chi connectivity index (χ2v) is 6.47. The van der Waals surface area contributed by atoms with Crippen LogP contribution in [0.2, 0.25) is 0 Å². The van der Waals surface area contributed by atoms with Gasteiger partial charge in [0.05, 0.1) is 26.0 Å². The van der Waals surface area contributed by atoms with Crippen LogP contribution in [-0.2, 0) is 7.80 Å². The maximum absolute atomic E-state index is 10.3. The molecular weight excluding hydrogens is 475 g/mol. The summed E-state index contributed by atoms with van der Waals surface area (Å²) in [6.45, 7) is 0.731. The Kier molecular flexibility index (Phi) is 6.51. The van der Waals surface area contributed by atoms with E-state index in [9.17, 15) is 10.2 Å². The van der Waals surface area contributed by atoms with Gasteiger partial charge in [-0.15, -0.1) is 12.6 Å². The molecule has 2 aromatic rings. The third kappa shape index (κ3) is 3.88. The zero-order chi connectivity index (χ0) is 18.7. The summed E-state index contributed by atoms with van der Waals surface area (Å²) < 4.78 is 12.2. The van der Waals surface area contributed by atoms with Crippen molar-refractivity contribution in [2.45, 2.75) is 29.6 Å². The SMILES string of the molecule is NCC#CCNc1nc(S)c2ncn(C3O[C@H](COI)[C@H](O)C3O)c2n1. The highest BCUT2D eigenvalue weighted by Gasteiger charge is 2.44. The molecule has 0 aliphatic carbocycles. The van der Waals surface area contributed by atoms with E-state index in [-0.39, 0.29) is 13.2 Å². The van der Waals surface area contributed by atoms with E-state index < -0.39 is 24.5 Å². The first kappa shape index (κ1) is 19.5. The van der Waals surface area contributed by atoms with Crippen LogP contribution in [0.5, 0.6) is 0 Å². The molecule has 0 aromatic carbocycles. The molecule has 0 radical (unpaired) electrons. The summed E-state index contributed by atoms with van der Waals surface area (Å²) in [6, 6.07) is 0. The molecule has 5 N–H and O–H groups in total. The topological polar surface area (TPSA) is 141 Å². The van der Waals surface area contributed by atoms with Crippen LogP contribution in [0.4, 0.5) is 5.95 Å². The number of hydrogen-bond acceptors (Lipinski definition) is 10. The number of aromatic nitrogens is 4. The van der Waals surface area contributed by atoms with E-state index >= 15 is 0 Å². The van der Waals surface area contributed by atoms with Crippen LogP contribution in [0.25, 0.3) is 11.2 Å². The molecule has 12 heteroatoms. The predicted molar refractivity (Wildman–Crippen MR) is 104 cm³/mol. The van der Waals surface area contributed by atoms with Gasteiger partial charge in [0.1, 0.15) is 51.9 Å². The number of nitrogens with two attached hydrogens (primary N) is 1. The van der Waals surface area contributed by atoms with E-state index in [1.807, 2.05) is 0 Å². The number of ether oxygens (including phenoxy) is 1. The lowest BCUT2D eigenvalue weighted by molar-refractivity contribution is -0.0432. The maximum Gasteiger partial charge on any atom is 0.226 e. The Bertz CT molecular complexity index is 840. The van der Waals surface area contributed by atoms with Gasteiger partial charge in [-0.25, -0.2) is 9.97 Å². The average molecular weight is 492 g/mol. The Morgan fingerprint density at radius 3 is 2.92 bits per heavy atom. The van der Waals surface area contributed by atoms with Crippen molar-refractivity contribution in [3.63, 3.8) is 0 Å². The molecule has 0 spiro atoms. The van der Waals surface area contributed by atoms with Gasteiger partial charge >= 0.3 is 0 Å². The number of thiol groups is 1. The first-order valence-corrected chi connectivity index (χ1v) is 8.98. The van der Waals surface area contributed by atoms with Gasteiger partial charge in [0.2, 0.25) is 5.95 Å². The zero-order valence-corrected chi connectivity index (χ0v) is 16.5. The minimum Gasteiger partial charge on any atom is -0.387 e. The summed E-state index contributed by atoms with van der Waals surface area (Å²) in [5.74, 6) is 5.85. The predicted octanol–water partition coefficient (Wildman–Crippen LogP) is -0.525. The minimum atomic E-state index is -1.16. The first-order valence-electron chi connectivity index (χ1n) is 7.65. The summed E-state index contributed by atoms with van der Waals surface area (Å²) in [7, 11) is 0. The van der Waals surface area contributed by atoms with Crippen molar-refractivity contribution in [1.29, 1.82) is 0 Å². The molecule has 0 saturated carbocycles. The lowest BCUT2D eigenvalue weighted by atomic mass is 10.1. The van der Waals surface area contributed by atoms with Crippen LogP contribution in [0, 0.1) is 11.8 Å². The van der Waals surface area contributed by atoms with Crippen LogP contribution < -0.4 is 11.1 Å². The van der Waals surface area contributed by atoms with E-state index in [0.29, 0.717) is 28.7 Å². The van der Waals surface area contributed by atoms with E-state index in [2.05, 4.69) is 44.7 Å². The number of hydrogen-bond donors (Lipinski definition) is 5. The van der Waals surface area contributed by atoms with E-state index in [4.69, 9.17) is 13.5 Å². The van der Waals surface area contributed by atoms with E-state index in [0.717, 1.165) is 0 Å². The Balaban J connectivity index is 1.90. The van der Waals surface area contributed by atoms with Crippen LogP contribution >= 0.6 is 35.6 Å². The lowest BCUT2D eigenvalue weighted by Crippen LogP contribution is -2.33. The van der Waals surface area contributed by atoms with Crippen molar-refractivity contribution >= 4 is 52.7 Å². The van der Waals surface area contributed by atoms with Gasteiger partial charge in [-0.1, -0.05) is 11.8 Å². The van der Waals surface area contributed by atoms with Crippen molar-refractivity contribution in [3.8, 4) is 11.8 Å². The number of anilines is 1. The van der Waals surface area contributed by atoms with Crippen LogP contribution in [0.15, 0.2) is 11.4 Å². The highest BCUT2D eigenvalue weighted by Crippen LogP contribution is 2.32. The van der Waals surface area contributed by atoms with Crippen molar-refractivity contribution in [2.24, 2.45) is 5.73 Å². The highest BCUT2D eigenvalue weighted by atomic mass is 127. The number of rotatable bonds is 5. The van der Waals surface area contributed by atoms with Gasteiger partial charge in [0, 0.05) is 0 Å². The molecule has 140 valence electrons. The highest BCUT2D eigenvalue weighted by molar-refractivity contribution is 14.1. The number of fused-ring (bicyclic) bond motifs is 1. The Morgan fingerprint density at radius 2 is 2.19 bits per heavy atom. The molecule has 1 fully saturated rings. The van der Waals surface area contributed by atoms with Gasteiger partial charge < -0.3 is 29.1 Å². The second kappa shape index (κ2) is 8.65. The number of nitrogens with zero attached hydrogens (tertiary/aromatic N) is 4. The smallest absolute Gasteiger partial charge is 0.226 e. The molecule has 2 unspecified atom stereocenters. The van der Waals surface area contributed by atoms with Crippen molar-refractivity contribution in [1.82, 2.24) is 19.5 Å². The molecule has 0 bridgehead atoms. The molecule has 3 rings (SSSR count). The van der Waals surface area contributed by atoms with Gasteiger partial charge in [-0.3, -0.25) is 4.57 Å². The number of nitrogens with one attached hydrogen (secondary N) is 1. The Hall–Kier alpha value is -1.21. The normalized spacial score (nSPS) is 25.3. The van der Waals surface area contributed by atoms with Crippen molar-refractivity contribution in [3.05, 3.63) is 6.33 Å². The molecule has 3 heterocycles. The summed E-state index contributed by atoms with van der Waals surface area (Å²) >= 11 is 6.04. The standard InChI is InChI=1S/C14H17IN6O4S/c15-24-5-7-9(22)10(23)13(25-7)21-6-18-8-11(21)19-14(20-12(8)26)17-4-2-1-3-16/h6-7,9-10,13,22-23H,3-5,16H2,(H2,17,19,20,26)/t7-,9+,10?,13?/m1/s1. The first-order chi connectivity index (χ1) is 12.6. The molecule has 4 atom stereocenters. The quantitative estimate of drug-likeness (QED) is 0.161. The maximum atomic E-state index is 10.3. The molecule has 1 saturated heterocycles. The monoisotopic (exact) mass is 492 g/mol.